The van der Waals surface area contributed by atoms with E-state index < -0.39 is 34.6 Å². The summed E-state index contributed by atoms with van der Waals surface area (Å²) >= 11 is 6.05. The molecule has 3 heterocycles. The van der Waals surface area contributed by atoms with Gasteiger partial charge >= 0.3 is 0 Å². The third-order valence-corrected chi connectivity index (χ3v) is 7.39. The minimum Gasteiger partial charge on any atom is -0.356 e. The van der Waals surface area contributed by atoms with Crippen LogP contribution in [0.4, 0.5) is 5.69 Å². The Morgan fingerprint density at radius 3 is 2.33 bits per heavy atom. The fraction of sp³-hybridized carbons (Fsp3) is 0.393. The Morgan fingerprint density at radius 2 is 1.69 bits per heavy atom. The molecule has 2 aromatic carbocycles. The summed E-state index contributed by atoms with van der Waals surface area (Å²) < 4.78 is 6.53. The highest BCUT2D eigenvalue weighted by molar-refractivity contribution is 6.30. The zero-order valence-corrected chi connectivity index (χ0v) is 21.5. The average Bonchev–Trinajstić information content (AvgIpc) is 3.36. The van der Waals surface area contributed by atoms with E-state index in [0.717, 1.165) is 5.56 Å². The molecule has 0 aromatic heterocycles. The van der Waals surface area contributed by atoms with Crippen LogP contribution >= 0.6 is 11.6 Å². The maximum absolute atomic E-state index is 14.1. The Morgan fingerprint density at radius 1 is 1.03 bits per heavy atom. The van der Waals surface area contributed by atoms with Crippen molar-refractivity contribution >= 4 is 35.0 Å². The number of para-hydroxylation sites is 1. The summed E-state index contributed by atoms with van der Waals surface area (Å²) in [5.41, 5.74) is -1.31. The molecule has 3 amide bonds. The Balaban J connectivity index is 1.54. The largest absolute Gasteiger partial charge is 0.356 e. The Bertz CT molecular complexity index is 1240. The second-order valence-electron chi connectivity index (χ2n) is 11.0. The lowest BCUT2D eigenvalue weighted by atomic mass is 9.70. The first-order valence-electron chi connectivity index (χ1n) is 12.1. The fourth-order valence-corrected chi connectivity index (χ4v) is 5.89. The predicted octanol–water partition coefficient (Wildman–Crippen LogP) is 3.93. The molecule has 5 rings (SSSR count). The number of hydrogen-bond donors (Lipinski definition) is 2. The standard InChI is InChI=1S/C28H30ClN3O4/c1-26(2,3)31-24(34)22-28-15-14-27(4,36-28)20(23(33)30-19-8-6-5-7-9-19)21(28)25(35)32(22)16-17-10-12-18(29)13-11-17/h5-15,20-22H,16H2,1-4H3,(H,30,33)(H,31,34)/t20-,21+,22-,27-,28+/m1/s1. The Hall–Kier alpha value is -3.16. The summed E-state index contributed by atoms with van der Waals surface area (Å²) in [6.45, 7) is 7.67. The van der Waals surface area contributed by atoms with Crippen molar-refractivity contribution in [3.8, 4) is 0 Å². The van der Waals surface area contributed by atoms with E-state index in [1.165, 1.54) is 0 Å². The number of likely N-dealkylation sites (tertiary alicyclic amines) is 1. The van der Waals surface area contributed by atoms with E-state index in [4.69, 9.17) is 16.3 Å². The lowest BCUT2D eigenvalue weighted by Gasteiger charge is -2.35. The summed E-state index contributed by atoms with van der Waals surface area (Å²) in [6.07, 6.45) is 3.64. The highest BCUT2D eigenvalue weighted by atomic mass is 35.5. The van der Waals surface area contributed by atoms with E-state index in [1.54, 1.807) is 36.1 Å². The van der Waals surface area contributed by atoms with Crippen molar-refractivity contribution in [2.24, 2.45) is 11.8 Å². The molecule has 2 saturated heterocycles. The highest BCUT2D eigenvalue weighted by Gasteiger charge is 2.76. The minimum atomic E-state index is -1.24. The molecule has 0 saturated carbocycles. The van der Waals surface area contributed by atoms with Crippen molar-refractivity contribution in [2.45, 2.75) is 57.0 Å². The number of benzene rings is 2. The summed E-state index contributed by atoms with van der Waals surface area (Å²) in [6, 6.07) is 15.3. The van der Waals surface area contributed by atoms with Crippen LogP contribution < -0.4 is 10.6 Å². The van der Waals surface area contributed by atoms with Crippen molar-refractivity contribution in [1.82, 2.24) is 10.2 Å². The summed E-state index contributed by atoms with van der Waals surface area (Å²) in [5, 5.41) is 6.55. The molecule has 0 radical (unpaired) electrons. The number of amides is 3. The molecular formula is C28H30ClN3O4. The van der Waals surface area contributed by atoms with Gasteiger partial charge in [0.05, 0.1) is 17.4 Å². The maximum Gasteiger partial charge on any atom is 0.246 e. The van der Waals surface area contributed by atoms with E-state index in [1.807, 2.05) is 63.3 Å². The van der Waals surface area contributed by atoms with Crippen LogP contribution in [0.15, 0.2) is 66.7 Å². The first-order valence-corrected chi connectivity index (χ1v) is 12.4. The van der Waals surface area contributed by atoms with Crippen molar-refractivity contribution < 1.29 is 19.1 Å². The minimum absolute atomic E-state index is 0.192. The molecular weight excluding hydrogens is 478 g/mol. The summed E-state index contributed by atoms with van der Waals surface area (Å²) in [4.78, 5) is 42.9. The van der Waals surface area contributed by atoms with Gasteiger partial charge in [-0.3, -0.25) is 14.4 Å². The molecule has 8 heteroatoms. The molecule has 0 aliphatic carbocycles. The molecule has 1 spiro atoms. The van der Waals surface area contributed by atoms with Crippen LogP contribution in [0.3, 0.4) is 0 Å². The molecule has 3 aliphatic rings. The van der Waals surface area contributed by atoms with Crippen LogP contribution in [-0.2, 0) is 25.7 Å². The second kappa shape index (κ2) is 8.46. The quantitative estimate of drug-likeness (QED) is 0.600. The van der Waals surface area contributed by atoms with Crippen LogP contribution in [0.1, 0.15) is 33.3 Å². The molecule has 7 nitrogen and oxygen atoms in total. The summed E-state index contributed by atoms with van der Waals surface area (Å²) in [5.74, 6) is -2.53. The van der Waals surface area contributed by atoms with Gasteiger partial charge in [0, 0.05) is 22.8 Å². The Labute approximate surface area is 215 Å². The van der Waals surface area contributed by atoms with Crippen LogP contribution in [0.25, 0.3) is 0 Å². The van der Waals surface area contributed by atoms with Gasteiger partial charge in [-0.2, -0.15) is 0 Å². The SMILES string of the molecule is CC(C)(C)NC(=O)[C@H]1N(Cc2ccc(Cl)cc2)C(=O)[C@@H]2[C@H](C(=O)Nc3ccccc3)[C@@]3(C)C=C[C@]21O3. The zero-order valence-electron chi connectivity index (χ0n) is 20.7. The van der Waals surface area contributed by atoms with Crippen LogP contribution in [0.2, 0.25) is 5.02 Å². The number of rotatable bonds is 5. The Kier molecular flexibility index (Phi) is 5.76. The third-order valence-electron chi connectivity index (χ3n) is 7.13. The van der Waals surface area contributed by atoms with Crippen molar-refractivity contribution in [3.63, 3.8) is 0 Å². The normalized spacial score (nSPS) is 30.4. The topological polar surface area (TPSA) is 87.7 Å². The zero-order chi connectivity index (χ0) is 25.9. The van der Waals surface area contributed by atoms with Gasteiger partial charge in [-0.15, -0.1) is 0 Å². The number of nitrogens with zero attached hydrogens (tertiary/aromatic N) is 1. The van der Waals surface area contributed by atoms with Gasteiger partial charge in [0.1, 0.15) is 11.6 Å². The van der Waals surface area contributed by atoms with Gasteiger partial charge in [-0.1, -0.05) is 54.1 Å². The smallest absolute Gasteiger partial charge is 0.246 e. The number of ether oxygens (including phenoxy) is 1. The van der Waals surface area contributed by atoms with Crippen molar-refractivity contribution in [2.75, 3.05) is 5.32 Å². The van der Waals surface area contributed by atoms with Gasteiger partial charge in [0.2, 0.25) is 17.7 Å². The fourth-order valence-electron chi connectivity index (χ4n) is 5.77. The first-order chi connectivity index (χ1) is 16.9. The molecule has 5 atom stereocenters. The van der Waals surface area contributed by atoms with Gasteiger partial charge in [0.15, 0.2) is 0 Å². The molecule has 2 N–H and O–H groups in total. The lowest BCUT2D eigenvalue weighted by Crippen LogP contribution is -2.57. The number of hydrogen-bond acceptors (Lipinski definition) is 4. The van der Waals surface area contributed by atoms with Gasteiger partial charge in [-0.05, 0) is 57.5 Å². The van der Waals surface area contributed by atoms with Gasteiger partial charge in [-0.25, -0.2) is 0 Å². The van der Waals surface area contributed by atoms with Crippen LogP contribution in [0.5, 0.6) is 0 Å². The van der Waals surface area contributed by atoms with E-state index in [2.05, 4.69) is 10.6 Å². The van der Waals surface area contributed by atoms with Crippen molar-refractivity contribution in [3.05, 3.63) is 77.3 Å². The molecule has 0 unspecified atom stereocenters. The second-order valence-corrected chi connectivity index (χ2v) is 11.5. The van der Waals surface area contributed by atoms with Gasteiger partial charge in [0.25, 0.3) is 0 Å². The monoisotopic (exact) mass is 507 g/mol. The average molecular weight is 508 g/mol. The maximum atomic E-state index is 14.1. The van der Waals surface area contributed by atoms with Crippen molar-refractivity contribution in [1.29, 1.82) is 0 Å². The van der Waals surface area contributed by atoms with E-state index >= 15 is 0 Å². The molecule has 2 bridgehead atoms. The van der Waals surface area contributed by atoms with E-state index in [-0.39, 0.29) is 24.3 Å². The number of carbonyl (C=O) groups excluding carboxylic acids is 3. The number of halogens is 1. The predicted molar refractivity (Wildman–Crippen MR) is 137 cm³/mol. The van der Waals surface area contributed by atoms with Crippen LogP contribution in [0, 0.1) is 11.8 Å². The third kappa shape index (κ3) is 4.00. The first kappa shape index (κ1) is 24.5. The molecule has 3 aliphatic heterocycles. The number of nitrogens with one attached hydrogen (secondary N) is 2. The van der Waals surface area contributed by atoms with E-state index in [0.29, 0.717) is 10.7 Å². The molecule has 188 valence electrons. The molecule has 2 aromatic rings. The number of carbonyl (C=O) groups is 3. The molecule has 2 fully saturated rings. The number of anilines is 1. The van der Waals surface area contributed by atoms with E-state index in [9.17, 15) is 14.4 Å². The molecule has 36 heavy (non-hydrogen) atoms. The number of fused-ring (bicyclic) bond motifs is 1. The lowest BCUT2D eigenvalue weighted by molar-refractivity contribution is -0.145. The highest BCUT2D eigenvalue weighted by Crippen LogP contribution is 2.60. The van der Waals surface area contributed by atoms with Gasteiger partial charge < -0.3 is 20.3 Å². The summed E-state index contributed by atoms with van der Waals surface area (Å²) in [7, 11) is 0. The van der Waals surface area contributed by atoms with Crippen LogP contribution in [-0.4, -0.2) is 45.4 Å².